The first kappa shape index (κ1) is 21.9. The molecule has 0 spiro atoms. The van der Waals surface area contributed by atoms with Crippen LogP contribution >= 0.6 is 12.4 Å². The van der Waals surface area contributed by atoms with Crippen LogP contribution in [0.25, 0.3) is 0 Å². The highest BCUT2D eigenvalue weighted by Gasteiger charge is 2.29. The SMILES string of the molecule is CC(C)OCCS(=O)(=O)N1CCN(C(=O)c2coc(CN)c2)CC1.Cl. The fourth-order valence-corrected chi connectivity index (χ4v) is 3.75. The van der Waals surface area contributed by atoms with Gasteiger partial charge in [-0.05, 0) is 19.9 Å². The third-order valence-electron chi connectivity index (χ3n) is 3.81. The molecule has 8 nitrogen and oxygen atoms in total. The van der Waals surface area contributed by atoms with Gasteiger partial charge in [-0.1, -0.05) is 0 Å². The number of furan rings is 1. The highest BCUT2D eigenvalue weighted by Crippen LogP contribution is 2.14. The van der Waals surface area contributed by atoms with Crippen molar-refractivity contribution in [3.63, 3.8) is 0 Å². The molecule has 1 aliphatic heterocycles. The topological polar surface area (TPSA) is 106 Å². The lowest BCUT2D eigenvalue weighted by Crippen LogP contribution is -2.51. The van der Waals surface area contributed by atoms with Gasteiger partial charge in [-0.25, -0.2) is 8.42 Å². The molecule has 2 heterocycles. The van der Waals surface area contributed by atoms with E-state index in [2.05, 4.69) is 0 Å². The molecular weight excluding hydrogens is 370 g/mol. The average molecular weight is 396 g/mol. The molecule has 10 heteroatoms. The van der Waals surface area contributed by atoms with E-state index < -0.39 is 10.0 Å². The van der Waals surface area contributed by atoms with E-state index in [-0.39, 0.29) is 56.4 Å². The van der Waals surface area contributed by atoms with E-state index in [1.54, 1.807) is 11.0 Å². The molecule has 1 amide bonds. The molecule has 0 unspecified atom stereocenters. The largest absolute Gasteiger partial charge is 0.467 e. The van der Waals surface area contributed by atoms with Crippen molar-refractivity contribution in [2.24, 2.45) is 5.73 Å². The summed E-state index contributed by atoms with van der Waals surface area (Å²) < 4.78 is 36.4. The lowest BCUT2D eigenvalue weighted by molar-refractivity contribution is 0.0693. The number of amides is 1. The smallest absolute Gasteiger partial charge is 0.257 e. The molecule has 0 radical (unpaired) electrons. The summed E-state index contributed by atoms with van der Waals surface area (Å²) in [5, 5.41) is 0. The lowest BCUT2D eigenvalue weighted by atomic mass is 10.2. The Hall–Kier alpha value is -1.13. The summed E-state index contributed by atoms with van der Waals surface area (Å²) in [5.74, 6) is 0.337. The van der Waals surface area contributed by atoms with Crippen LogP contribution in [0.3, 0.4) is 0 Å². The van der Waals surface area contributed by atoms with Crippen molar-refractivity contribution < 1.29 is 22.4 Å². The van der Waals surface area contributed by atoms with Gasteiger partial charge in [0.25, 0.3) is 5.91 Å². The number of sulfonamides is 1. The number of hydrogen-bond donors (Lipinski definition) is 1. The standard InChI is InChI=1S/C15H25N3O5S.ClH/c1-12(2)22-7-8-24(20,21)18-5-3-17(4-6-18)15(19)13-9-14(10-16)23-11-13;/h9,11-12H,3-8,10,16H2,1-2H3;1H. The fourth-order valence-electron chi connectivity index (χ4n) is 2.47. The van der Waals surface area contributed by atoms with Crippen LogP contribution in [0.4, 0.5) is 0 Å². The summed E-state index contributed by atoms with van der Waals surface area (Å²) in [6.07, 6.45) is 1.39. The second kappa shape index (κ2) is 9.54. The predicted octanol–water partition coefficient (Wildman–Crippen LogP) is 0.673. The van der Waals surface area contributed by atoms with Gasteiger partial charge in [-0.3, -0.25) is 4.79 Å². The monoisotopic (exact) mass is 395 g/mol. The fraction of sp³-hybridized carbons (Fsp3) is 0.667. The number of carbonyl (C=O) groups excluding carboxylic acids is 1. The van der Waals surface area contributed by atoms with Crippen molar-refractivity contribution in [3.05, 3.63) is 23.7 Å². The first-order chi connectivity index (χ1) is 11.3. The molecule has 0 bridgehead atoms. The molecule has 1 saturated heterocycles. The Bertz CT molecular complexity index is 654. The predicted molar refractivity (Wildman–Crippen MR) is 96.2 cm³/mol. The Labute approximate surface area is 154 Å². The maximum absolute atomic E-state index is 12.4. The van der Waals surface area contributed by atoms with E-state index in [0.717, 1.165) is 0 Å². The van der Waals surface area contributed by atoms with Crippen LogP contribution in [-0.4, -0.2) is 68.2 Å². The van der Waals surface area contributed by atoms with Gasteiger partial charge >= 0.3 is 0 Å². The van der Waals surface area contributed by atoms with Crippen LogP contribution in [0.15, 0.2) is 16.7 Å². The quantitative estimate of drug-likeness (QED) is 0.727. The van der Waals surface area contributed by atoms with Crippen LogP contribution < -0.4 is 5.73 Å². The first-order valence-corrected chi connectivity index (χ1v) is 9.60. The minimum absolute atomic E-state index is 0. The van der Waals surface area contributed by atoms with Crippen molar-refractivity contribution in [1.29, 1.82) is 0 Å². The number of nitrogens with two attached hydrogens (primary N) is 1. The number of nitrogens with zero attached hydrogens (tertiary/aromatic N) is 2. The van der Waals surface area contributed by atoms with Crippen LogP contribution in [-0.2, 0) is 21.3 Å². The molecule has 0 aromatic carbocycles. The van der Waals surface area contributed by atoms with Crippen LogP contribution in [0, 0.1) is 0 Å². The Morgan fingerprint density at radius 1 is 1.32 bits per heavy atom. The number of ether oxygens (including phenoxy) is 1. The van der Waals surface area contributed by atoms with E-state index in [1.165, 1.54) is 10.6 Å². The highest BCUT2D eigenvalue weighted by molar-refractivity contribution is 7.89. The Balaban J connectivity index is 0.00000312. The van der Waals surface area contributed by atoms with E-state index >= 15 is 0 Å². The van der Waals surface area contributed by atoms with Gasteiger partial charge < -0.3 is 19.8 Å². The third kappa shape index (κ3) is 5.96. The summed E-state index contributed by atoms with van der Waals surface area (Å²) in [4.78, 5) is 14.0. The molecular formula is C15H26ClN3O5S. The first-order valence-electron chi connectivity index (χ1n) is 7.99. The van der Waals surface area contributed by atoms with Crippen molar-refractivity contribution in [3.8, 4) is 0 Å². The van der Waals surface area contributed by atoms with E-state index in [1.807, 2.05) is 13.8 Å². The van der Waals surface area contributed by atoms with Gasteiger partial charge in [0.2, 0.25) is 10.0 Å². The van der Waals surface area contributed by atoms with Crippen LogP contribution in [0.1, 0.15) is 30.0 Å². The number of carbonyl (C=O) groups is 1. The van der Waals surface area contributed by atoms with Crippen molar-refractivity contribution >= 4 is 28.3 Å². The van der Waals surface area contributed by atoms with Crippen LogP contribution in [0.2, 0.25) is 0 Å². The highest BCUT2D eigenvalue weighted by atomic mass is 35.5. The van der Waals surface area contributed by atoms with Crippen molar-refractivity contribution in [1.82, 2.24) is 9.21 Å². The minimum Gasteiger partial charge on any atom is -0.467 e. The summed E-state index contributed by atoms with van der Waals surface area (Å²) in [6, 6.07) is 1.62. The van der Waals surface area contributed by atoms with Gasteiger partial charge in [0.1, 0.15) is 12.0 Å². The molecule has 1 fully saturated rings. The second-order valence-corrected chi connectivity index (χ2v) is 8.02. The van der Waals surface area contributed by atoms with E-state index in [4.69, 9.17) is 14.9 Å². The number of halogens is 1. The van der Waals surface area contributed by atoms with Gasteiger partial charge in [0.05, 0.1) is 30.6 Å². The Morgan fingerprint density at radius 3 is 2.48 bits per heavy atom. The van der Waals surface area contributed by atoms with Crippen molar-refractivity contribution in [2.75, 3.05) is 38.5 Å². The minimum atomic E-state index is -3.36. The molecule has 1 aromatic rings. The molecule has 2 rings (SSSR count). The maximum atomic E-state index is 12.4. The third-order valence-corrected chi connectivity index (χ3v) is 5.65. The lowest BCUT2D eigenvalue weighted by Gasteiger charge is -2.33. The second-order valence-electron chi connectivity index (χ2n) is 5.93. The van der Waals surface area contributed by atoms with Crippen LogP contribution in [0.5, 0.6) is 0 Å². The zero-order valence-electron chi connectivity index (χ0n) is 14.5. The van der Waals surface area contributed by atoms with Gasteiger partial charge in [0, 0.05) is 26.2 Å². The number of piperazine rings is 1. The number of rotatable bonds is 7. The Morgan fingerprint density at radius 2 is 1.96 bits per heavy atom. The normalized spacial score (nSPS) is 16.1. The summed E-state index contributed by atoms with van der Waals surface area (Å²) in [6.45, 7) is 5.42. The molecule has 1 aliphatic rings. The van der Waals surface area contributed by atoms with E-state index in [9.17, 15) is 13.2 Å². The van der Waals surface area contributed by atoms with E-state index in [0.29, 0.717) is 24.4 Å². The zero-order valence-corrected chi connectivity index (χ0v) is 16.1. The van der Waals surface area contributed by atoms with Gasteiger partial charge in [0.15, 0.2) is 0 Å². The zero-order chi connectivity index (χ0) is 17.7. The average Bonchev–Trinajstić information content (AvgIpc) is 3.03. The maximum Gasteiger partial charge on any atom is 0.257 e. The summed E-state index contributed by atoms with van der Waals surface area (Å²) in [5.41, 5.74) is 5.91. The van der Waals surface area contributed by atoms with Crippen molar-refractivity contribution in [2.45, 2.75) is 26.5 Å². The molecule has 0 aliphatic carbocycles. The molecule has 0 atom stereocenters. The Kier molecular flexibility index (Phi) is 8.36. The number of hydrogen-bond acceptors (Lipinski definition) is 6. The van der Waals surface area contributed by atoms with Gasteiger partial charge in [-0.2, -0.15) is 4.31 Å². The molecule has 25 heavy (non-hydrogen) atoms. The van der Waals surface area contributed by atoms with Gasteiger partial charge in [-0.15, -0.1) is 12.4 Å². The summed E-state index contributed by atoms with van der Waals surface area (Å²) in [7, 11) is -3.36. The molecule has 1 aromatic heterocycles. The summed E-state index contributed by atoms with van der Waals surface area (Å²) >= 11 is 0. The molecule has 0 saturated carbocycles. The molecule has 144 valence electrons. The molecule has 2 N–H and O–H groups in total.